The summed E-state index contributed by atoms with van der Waals surface area (Å²) < 4.78 is 11.6. The van der Waals surface area contributed by atoms with Crippen LogP contribution in [-0.2, 0) is 9.47 Å². The molecule has 4 aliphatic carbocycles. The molecule has 1 N–H and O–H groups in total. The van der Waals surface area contributed by atoms with E-state index in [9.17, 15) is 5.11 Å². The number of ether oxygens (including phenoxy) is 2. The molecule has 4 unspecified atom stereocenters. The Hall–Kier alpha value is -0.820. The quantitative estimate of drug-likeness (QED) is 0.421. The lowest BCUT2D eigenvalue weighted by molar-refractivity contribution is -0.214. The van der Waals surface area contributed by atoms with Gasteiger partial charge in [0.25, 0.3) is 0 Å². The van der Waals surface area contributed by atoms with E-state index in [1.807, 2.05) is 0 Å². The largest absolute Gasteiger partial charge is 0.377 e. The summed E-state index contributed by atoms with van der Waals surface area (Å²) in [6.45, 7) is 9.27. The lowest BCUT2D eigenvalue weighted by atomic mass is 9.47. The molecule has 0 heterocycles. The van der Waals surface area contributed by atoms with Gasteiger partial charge in [-0.05, 0) is 61.2 Å². The summed E-state index contributed by atoms with van der Waals surface area (Å²) >= 11 is 0. The van der Waals surface area contributed by atoms with Gasteiger partial charge in [0.1, 0.15) is 5.60 Å². The lowest BCUT2D eigenvalue weighted by Gasteiger charge is -2.58. The molecule has 0 aromatic carbocycles. The average molecular weight is 387 g/mol. The summed E-state index contributed by atoms with van der Waals surface area (Å²) in [6.07, 6.45) is 12.1. The number of aliphatic hydroxyl groups is 1. The lowest BCUT2D eigenvalue weighted by Crippen LogP contribution is -2.56. The van der Waals surface area contributed by atoms with E-state index in [1.54, 1.807) is 25.4 Å². The van der Waals surface area contributed by atoms with E-state index in [-0.39, 0.29) is 11.3 Å². The van der Waals surface area contributed by atoms with Gasteiger partial charge < -0.3 is 14.6 Å². The van der Waals surface area contributed by atoms with Crippen LogP contribution in [0, 0.1) is 53.3 Å². The first-order chi connectivity index (χ1) is 13.2. The molecular weight excluding hydrogens is 348 g/mol. The van der Waals surface area contributed by atoms with Crippen LogP contribution < -0.4 is 0 Å². The Morgan fingerprint density at radius 1 is 1.14 bits per heavy atom. The molecule has 0 bridgehead atoms. The van der Waals surface area contributed by atoms with Gasteiger partial charge in [-0.1, -0.05) is 44.8 Å². The van der Waals surface area contributed by atoms with Crippen molar-refractivity contribution in [1.29, 1.82) is 0 Å². The van der Waals surface area contributed by atoms with Gasteiger partial charge in [0.05, 0.1) is 0 Å². The fourth-order valence-corrected chi connectivity index (χ4v) is 8.20. The van der Waals surface area contributed by atoms with Crippen LogP contribution in [0.3, 0.4) is 0 Å². The molecule has 4 rings (SSSR count). The molecule has 0 spiro atoms. The fourth-order valence-electron chi connectivity index (χ4n) is 8.20. The van der Waals surface area contributed by atoms with Crippen LogP contribution >= 0.6 is 0 Å². The molecule has 3 heteroatoms. The highest BCUT2D eigenvalue weighted by Crippen LogP contribution is 2.68. The smallest absolute Gasteiger partial charge is 0.171 e. The number of hydrogen-bond acceptors (Lipinski definition) is 3. The normalized spacial score (nSPS) is 49.8. The third kappa shape index (κ3) is 2.47. The van der Waals surface area contributed by atoms with E-state index in [0.717, 1.165) is 38.5 Å². The molecule has 0 saturated heterocycles. The molecule has 2 saturated carbocycles. The van der Waals surface area contributed by atoms with E-state index >= 15 is 0 Å². The Kier molecular flexibility index (Phi) is 4.82. The second kappa shape index (κ2) is 6.59. The molecule has 8 atom stereocenters. The zero-order valence-corrected chi connectivity index (χ0v) is 18.5. The molecule has 3 nitrogen and oxygen atoms in total. The topological polar surface area (TPSA) is 38.7 Å². The van der Waals surface area contributed by atoms with Crippen LogP contribution in [0.5, 0.6) is 0 Å². The van der Waals surface area contributed by atoms with E-state index in [1.165, 1.54) is 0 Å². The Morgan fingerprint density at radius 3 is 2.43 bits per heavy atom. The van der Waals surface area contributed by atoms with Gasteiger partial charge in [-0.25, -0.2) is 0 Å². The van der Waals surface area contributed by atoms with Crippen LogP contribution in [-0.4, -0.2) is 30.7 Å². The first-order valence-corrected chi connectivity index (χ1v) is 11.2. The molecule has 0 amide bonds. The van der Waals surface area contributed by atoms with E-state index in [0.29, 0.717) is 29.6 Å². The highest BCUT2D eigenvalue weighted by Gasteiger charge is 2.66. The third-order valence-corrected chi connectivity index (χ3v) is 9.55. The van der Waals surface area contributed by atoms with Crippen molar-refractivity contribution in [2.75, 3.05) is 14.2 Å². The predicted octanol–water partition coefficient (Wildman–Crippen LogP) is 4.79. The maximum Gasteiger partial charge on any atom is 0.171 e. The number of terminal acetylenes is 1. The summed E-state index contributed by atoms with van der Waals surface area (Å²) in [7, 11) is 3.55. The van der Waals surface area contributed by atoms with Crippen LogP contribution in [0.4, 0.5) is 0 Å². The van der Waals surface area contributed by atoms with E-state index in [2.05, 4.69) is 33.6 Å². The van der Waals surface area contributed by atoms with Crippen LogP contribution in [0.2, 0.25) is 0 Å². The number of allylic oxidation sites excluding steroid dienone is 1. The van der Waals surface area contributed by atoms with Crippen LogP contribution in [0.15, 0.2) is 11.1 Å². The molecule has 0 aromatic heterocycles. The second-order valence-electron chi connectivity index (χ2n) is 10.7. The van der Waals surface area contributed by atoms with Crippen molar-refractivity contribution < 1.29 is 14.6 Å². The maximum atomic E-state index is 11.5. The van der Waals surface area contributed by atoms with Crippen molar-refractivity contribution in [2.24, 2.45) is 40.9 Å². The van der Waals surface area contributed by atoms with Crippen LogP contribution in [0.1, 0.15) is 66.2 Å². The molecule has 0 aliphatic heterocycles. The number of rotatable bonds is 2. The van der Waals surface area contributed by atoms with Gasteiger partial charge in [0.15, 0.2) is 5.79 Å². The van der Waals surface area contributed by atoms with Crippen molar-refractivity contribution in [2.45, 2.75) is 77.6 Å². The Morgan fingerprint density at radius 2 is 1.82 bits per heavy atom. The highest BCUT2D eigenvalue weighted by atomic mass is 16.7. The van der Waals surface area contributed by atoms with Crippen molar-refractivity contribution in [3.8, 4) is 12.3 Å². The molecule has 4 aliphatic rings. The predicted molar refractivity (Wildman–Crippen MR) is 111 cm³/mol. The third-order valence-electron chi connectivity index (χ3n) is 9.55. The Balaban J connectivity index is 1.74. The molecule has 0 radical (unpaired) electrons. The minimum atomic E-state index is -0.973. The maximum absolute atomic E-state index is 11.5. The van der Waals surface area contributed by atoms with Gasteiger partial charge in [-0.15, -0.1) is 6.42 Å². The van der Waals surface area contributed by atoms with Gasteiger partial charge in [0, 0.05) is 32.5 Å². The first-order valence-electron chi connectivity index (χ1n) is 11.2. The monoisotopic (exact) mass is 386 g/mol. The molecule has 2 fully saturated rings. The second-order valence-corrected chi connectivity index (χ2v) is 10.7. The summed E-state index contributed by atoms with van der Waals surface area (Å²) in [5.74, 6) is 5.47. The van der Waals surface area contributed by atoms with Crippen LogP contribution in [0.25, 0.3) is 0 Å². The molecule has 28 heavy (non-hydrogen) atoms. The summed E-state index contributed by atoms with van der Waals surface area (Å²) in [5, 5.41) is 11.5. The summed E-state index contributed by atoms with van der Waals surface area (Å²) in [4.78, 5) is 0. The zero-order valence-electron chi connectivity index (χ0n) is 18.5. The van der Waals surface area contributed by atoms with Gasteiger partial charge in [-0.2, -0.15) is 0 Å². The summed E-state index contributed by atoms with van der Waals surface area (Å²) in [5.41, 5.74) is 2.12. The van der Waals surface area contributed by atoms with Crippen molar-refractivity contribution >= 4 is 0 Å². The van der Waals surface area contributed by atoms with Crippen molar-refractivity contribution in [1.82, 2.24) is 0 Å². The Labute approximate surface area is 171 Å². The first kappa shape index (κ1) is 20.5. The molecular formula is C25H38O3. The molecule has 0 aromatic rings. The fraction of sp³-hybridized carbons (Fsp3) is 0.840. The van der Waals surface area contributed by atoms with E-state index in [4.69, 9.17) is 15.9 Å². The SMILES string of the molecule is C#C[C@]1(O)[C@H](C)CC2C3C(C)CC4=C(CCC(OC)(OC)C4)C3[C@@H](C)C[C@@]21C. The van der Waals surface area contributed by atoms with Gasteiger partial charge >= 0.3 is 0 Å². The Bertz CT molecular complexity index is 714. The summed E-state index contributed by atoms with van der Waals surface area (Å²) in [6, 6.07) is 0. The van der Waals surface area contributed by atoms with Crippen molar-refractivity contribution in [3.05, 3.63) is 11.1 Å². The van der Waals surface area contributed by atoms with E-state index < -0.39 is 11.4 Å². The standard InChI is InChI=1S/C25H38O3/c1-8-25(26)17(4)12-20-22-15(2)11-18-14-24(27-6,28-7)10-9-19(18)21(22)16(3)13-23(20,25)5/h1,15-17,20-22,26H,9-14H2,2-7H3/t15?,16-,17+,20?,21?,22?,23-,25-/m0/s1. The zero-order chi connectivity index (χ0) is 20.5. The molecule has 156 valence electrons. The van der Waals surface area contributed by atoms with Gasteiger partial charge in [0.2, 0.25) is 0 Å². The van der Waals surface area contributed by atoms with Gasteiger partial charge in [-0.3, -0.25) is 0 Å². The number of methoxy groups -OCH3 is 2. The minimum absolute atomic E-state index is 0.169. The van der Waals surface area contributed by atoms with Crippen molar-refractivity contribution in [3.63, 3.8) is 0 Å². The highest BCUT2D eigenvalue weighted by molar-refractivity contribution is 5.33. The number of fused-ring (bicyclic) bond motifs is 4. The number of hydrogen-bond donors (Lipinski definition) is 1. The average Bonchev–Trinajstić information content (AvgIpc) is 2.87. The minimum Gasteiger partial charge on any atom is -0.377 e.